The first kappa shape index (κ1) is 13.9. The molecule has 0 heterocycles. The Balaban J connectivity index is 3.02. The van der Waals surface area contributed by atoms with Crippen LogP contribution in [0, 0.1) is 0 Å². The van der Waals surface area contributed by atoms with Gasteiger partial charge in [-0.15, -0.1) is 0 Å². The second-order valence-corrected chi connectivity index (χ2v) is 7.54. The molecular weight excluding hydrogens is 266 g/mol. The maximum atomic E-state index is 11.8. The van der Waals surface area contributed by atoms with Crippen LogP contribution in [0.4, 0.5) is 5.69 Å². The summed E-state index contributed by atoms with van der Waals surface area (Å²) in [6, 6.07) is 5.40. The van der Waals surface area contributed by atoms with E-state index < -0.39 is 31.0 Å². The van der Waals surface area contributed by atoms with Gasteiger partial charge >= 0.3 is 0 Å². The Kier molecular flexibility index (Phi) is 3.80. The zero-order valence-electron chi connectivity index (χ0n) is 9.07. The summed E-state index contributed by atoms with van der Waals surface area (Å²) in [6.45, 7) is 1.13. The fraction of sp³-hybridized carbons (Fsp3) is 0.333. The van der Waals surface area contributed by atoms with E-state index >= 15 is 0 Å². The molecule has 1 atom stereocenters. The van der Waals surface area contributed by atoms with Gasteiger partial charge in [-0.2, -0.15) is 8.42 Å². The summed E-state index contributed by atoms with van der Waals surface area (Å²) in [5.74, 6) is -0.671. The molecule has 0 spiro atoms. The highest BCUT2D eigenvalue weighted by molar-refractivity contribution is 7.93. The van der Waals surface area contributed by atoms with Crippen molar-refractivity contribution < 1.29 is 21.4 Å². The van der Waals surface area contributed by atoms with Crippen LogP contribution in [0.3, 0.4) is 0 Å². The number of hydrogen-bond donors (Lipinski definition) is 2. The van der Waals surface area contributed by atoms with E-state index in [1.807, 2.05) is 0 Å². The molecule has 0 saturated heterocycles. The van der Waals surface area contributed by atoms with E-state index in [-0.39, 0.29) is 4.90 Å². The summed E-state index contributed by atoms with van der Waals surface area (Å²) in [6.07, 6.45) is 0. The van der Waals surface area contributed by atoms with Gasteiger partial charge in [-0.25, -0.2) is 8.42 Å². The van der Waals surface area contributed by atoms with Gasteiger partial charge in [-0.05, 0) is 31.2 Å². The summed E-state index contributed by atoms with van der Waals surface area (Å²) in [5.41, 5.74) is 5.82. The first-order chi connectivity index (χ1) is 7.63. The van der Waals surface area contributed by atoms with E-state index in [1.165, 1.54) is 24.3 Å². The number of anilines is 1. The monoisotopic (exact) mass is 279 g/mol. The minimum atomic E-state index is -4.36. The second-order valence-electron chi connectivity index (χ2n) is 3.68. The molecule has 0 aliphatic heterocycles. The third kappa shape index (κ3) is 3.69. The van der Waals surface area contributed by atoms with Gasteiger partial charge in [0, 0.05) is 5.69 Å². The van der Waals surface area contributed by atoms with Crippen LogP contribution >= 0.6 is 0 Å². The van der Waals surface area contributed by atoms with Crippen molar-refractivity contribution in [3.05, 3.63) is 24.3 Å². The SMILES string of the molecule is CC(CS(=O)(=O)c1ccc(N)cc1)S(=O)(=O)O. The van der Waals surface area contributed by atoms with Crippen LogP contribution in [0.25, 0.3) is 0 Å². The van der Waals surface area contributed by atoms with E-state index in [0.29, 0.717) is 5.69 Å². The molecule has 96 valence electrons. The molecule has 1 aromatic rings. The van der Waals surface area contributed by atoms with Crippen LogP contribution in [-0.4, -0.2) is 32.4 Å². The maximum absolute atomic E-state index is 11.8. The van der Waals surface area contributed by atoms with Crippen molar-refractivity contribution in [2.75, 3.05) is 11.5 Å². The molecule has 0 saturated carbocycles. The Hall–Kier alpha value is -1.12. The molecule has 17 heavy (non-hydrogen) atoms. The lowest BCUT2D eigenvalue weighted by atomic mass is 10.3. The highest BCUT2D eigenvalue weighted by atomic mass is 32.2. The minimum absolute atomic E-state index is 0.0257. The first-order valence-electron chi connectivity index (χ1n) is 4.67. The number of nitrogens with two attached hydrogens (primary N) is 1. The van der Waals surface area contributed by atoms with Gasteiger partial charge in [0.05, 0.1) is 15.9 Å². The summed E-state index contributed by atoms with van der Waals surface area (Å²) < 4.78 is 53.8. The summed E-state index contributed by atoms with van der Waals surface area (Å²) in [7, 11) is -8.11. The van der Waals surface area contributed by atoms with Crippen LogP contribution in [-0.2, 0) is 20.0 Å². The summed E-state index contributed by atoms with van der Waals surface area (Å²) in [5, 5.41) is -1.37. The van der Waals surface area contributed by atoms with Gasteiger partial charge in [-0.3, -0.25) is 4.55 Å². The topological polar surface area (TPSA) is 115 Å². The molecule has 1 rings (SSSR count). The normalized spacial score (nSPS) is 14.5. The Bertz CT molecular complexity index is 589. The number of benzene rings is 1. The van der Waals surface area contributed by atoms with Crippen molar-refractivity contribution in [3.63, 3.8) is 0 Å². The average Bonchev–Trinajstić information content (AvgIpc) is 2.16. The van der Waals surface area contributed by atoms with Crippen molar-refractivity contribution in [2.45, 2.75) is 17.1 Å². The van der Waals surface area contributed by atoms with Crippen LogP contribution < -0.4 is 5.73 Å². The number of sulfone groups is 1. The van der Waals surface area contributed by atoms with Crippen LogP contribution in [0.1, 0.15) is 6.92 Å². The van der Waals surface area contributed by atoms with Crippen molar-refractivity contribution in [1.82, 2.24) is 0 Å². The largest absolute Gasteiger partial charge is 0.399 e. The smallest absolute Gasteiger partial charge is 0.268 e. The predicted molar refractivity (Wildman–Crippen MR) is 63.9 cm³/mol. The first-order valence-corrected chi connectivity index (χ1v) is 7.83. The van der Waals surface area contributed by atoms with Crippen molar-refractivity contribution in [1.29, 1.82) is 0 Å². The van der Waals surface area contributed by atoms with E-state index in [0.717, 1.165) is 6.92 Å². The molecule has 0 aromatic heterocycles. The van der Waals surface area contributed by atoms with E-state index in [4.69, 9.17) is 10.3 Å². The molecular formula is C9H13NO5S2. The lowest BCUT2D eigenvalue weighted by Gasteiger charge is -2.09. The van der Waals surface area contributed by atoms with Gasteiger partial charge in [-0.1, -0.05) is 0 Å². The lowest BCUT2D eigenvalue weighted by molar-refractivity contribution is 0.472. The van der Waals surface area contributed by atoms with Crippen molar-refractivity contribution in [2.24, 2.45) is 0 Å². The van der Waals surface area contributed by atoms with Crippen LogP contribution in [0.2, 0.25) is 0 Å². The number of rotatable bonds is 4. The Morgan fingerprint density at radius 3 is 2.06 bits per heavy atom. The fourth-order valence-corrected chi connectivity index (χ4v) is 3.75. The summed E-state index contributed by atoms with van der Waals surface area (Å²) >= 11 is 0. The molecule has 0 fully saturated rings. The zero-order valence-corrected chi connectivity index (χ0v) is 10.7. The Morgan fingerprint density at radius 2 is 1.65 bits per heavy atom. The van der Waals surface area contributed by atoms with E-state index in [1.54, 1.807) is 0 Å². The Morgan fingerprint density at radius 1 is 1.18 bits per heavy atom. The third-order valence-electron chi connectivity index (χ3n) is 2.20. The molecule has 1 aromatic carbocycles. The average molecular weight is 279 g/mol. The second kappa shape index (κ2) is 4.63. The molecule has 0 aliphatic carbocycles. The fourth-order valence-electron chi connectivity index (χ4n) is 1.17. The van der Waals surface area contributed by atoms with Crippen LogP contribution in [0.15, 0.2) is 29.2 Å². The van der Waals surface area contributed by atoms with Crippen molar-refractivity contribution in [3.8, 4) is 0 Å². The van der Waals surface area contributed by atoms with E-state index in [2.05, 4.69) is 0 Å². The van der Waals surface area contributed by atoms with Gasteiger partial charge in [0.1, 0.15) is 0 Å². The molecule has 1 unspecified atom stereocenters. The van der Waals surface area contributed by atoms with Gasteiger partial charge in [0.2, 0.25) is 0 Å². The summed E-state index contributed by atoms with van der Waals surface area (Å²) in [4.78, 5) is -0.0257. The van der Waals surface area contributed by atoms with E-state index in [9.17, 15) is 16.8 Å². The highest BCUT2D eigenvalue weighted by Gasteiger charge is 2.26. The van der Waals surface area contributed by atoms with Gasteiger partial charge in [0.25, 0.3) is 10.1 Å². The molecule has 0 radical (unpaired) electrons. The molecule has 0 aliphatic rings. The molecule has 8 heteroatoms. The van der Waals surface area contributed by atoms with Crippen LogP contribution in [0.5, 0.6) is 0 Å². The van der Waals surface area contributed by atoms with Crippen molar-refractivity contribution >= 4 is 25.6 Å². The molecule has 0 bridgehead atoms. The third-order valence-corrected chi connectivity index (χ3v) is 5.53. The standard InChI is InChI=1S/C9H13NO5S2/c1-7(17(13,14)15)6-16(11,12)9-4-2-8(10)3-5-9/h2-5,7H,6,10H2,1H3,(H,13,14,15). The zero-order chi connectivity index (χ0) is 13.3. The Labute approximate surface area is 100 Å². The maximum Gasteiger partial charge on any atom is 0.268 e. The molecule has 6 nitrogen and oxygen atoms in total. The van der Waals surface area contributed by atoms with Gasteiger partial charge in [0.15, 0.2) is 9.84 Å². The molecule has 3 N–H and O–H groups in total. The lowest BCUT2D eigenvalue weighted by Crippen LogP contribution is -2.26. The molecule has 0 amide bonds. The highest BCUT2D eigenvalue weighted by Crippen LogP contribution is 2.15. The number of nitrogen functional groups attached to an aromatic ring is 1. The quantitative estimate of drug-likeness (QED) is 0.606. The number of hydrogen-bond acceptors (Lipinski definition) is 5. The van der Waals surface area contributed by atoms with Gasteiger partial charge < -0.3 is 5.73 Å². The minimum Gasteiger partial charge on any atom is -0.399 e. The predicted octanol–water partition coefficient (Wildman–Crippen LogP) is 0.319.